The van der Waals surface area contributed by atoms with Crippen molar-refractivity contribution < 1.29 is 19.4 Å². The van der Waals surface area contributed by atoms with E-state index >= 15 is 0 Å². The second-order valence-corrected chi connectivity index (χ2v) is 4.25. The molecule has 1 aromatic carbocycles. The molecular weight excluding hydrogens is 244 g/mol. The molecule has 98 valence electrons. The first-order valence-corrected chi connectivity index (χ1v) is 5.96. The molecule has 0 bridgehead atoms. The quantitative estimate of drug-likeness (QED) is 0.502. The van der Waals surface area contributed by atoms with Crippen molar-refractivity contribution in [3.8, 4) is 18.1 Å². The zero-order valence-corrected chi connectivity index (χ0v) is 10.3. The van der Waals surface area contributed by atoms with Gasteiger partial charge in [0.2, 0.25) is 0 Å². The molecule has 0 radical (unpaired) electrons. The fourth-order valence-corrected chi connectivity index (χ4v) is 1.89. The van der Waals surface area contributed by atoms with Crippen molar-refractivity contribution in [2.24, 2.45) is 0 Å². The van der Waals surface area contributed by atoms with E-state index in [1.165, 1.54) is 0 Å². The molecule has 19 heavy (non-hydrogen) atoms. The Balaban J connectivity index is 1.94. The molecule has 2 rings (SSSR count). The fraction of sp³-hybridized carbons (Fsp3) is 0.267. The predicted octanol–water partition coefficient (Wildman–Crippen LogP) is 2.28. The van der Waals surface area contributed by atoms with Gasteiger partial charge in [-0.05, 0) is 18.2 Å². The van der Waals surface area contributed by atoms with E-state index < -0.39 is 18.4 Å². The molecule has 1 aromatic rings. The van der Waals surface area contributed by atoms with Gasteiger partial charge in [-0.15, -0.1) is 6.42 Å². The molecule has 0 saturated carbocycles. The summed E-state index contributed by atoms with van der Waals surface area (Å²) in [5, 5.41) is 9.62. The van der Waals surface area contributed by atoms with Crippen LogP contribution in [-0.2, 0) is 4.74 Å². The minimum Gasteiger partial charge on any atom is -0.426 e. The maximum absolute atomic E-state index is 11.6. The van der Waals surface area contributed by atoms with Crippen molar-refractivity contribution in [3.05, 3.63) is 42.0 Å². The third-order valence-electron chi connectivity index (χ3n) is 2.72. The Morgan fingerprint density at radius 2 is 2.11 bits per heavy atom. The SMILES string of the molecule is C#CC1=C[C@H](OC(=O)Oc2ccccc2)C[C@H](O)C1. The van der Waals surface area contributed by atoms with Gasteiger partial charge in [0.25, 0.3) is 0 Å². The topological polar surface area (TPSA) is 55.8 Å². The Bertz CT molecular complexity index is 513. The maximum Gasteiger partial charge on any atom is 0.514 e. The van der Waals surface area contributed by atoms with Crippen LogP contribution < -0.4 is 4.74 Å². The van der Waals surface area contributed by atoms with Crippen LogP contribution in [0.2, 0.25) is 0 Å². The van der Waals surface area contributed by atoms with E-state index in [1.54, 1.807) is 30.3 Å². The minimum atomic E-state index is -0.807. The predicted molar refractivity (Wildman–Crippen MR) is 69.5 cm³/mol. The van der Waals surface area contributed by atoms with Gasteiger partial charge in [0.05, 0.1) is 6.10 Å². The van der Waals surface area contributed by atoms with Gasteiger partial charge in [-0.1, -0.05) is 24.1 Å². The van der Waals surface area contributed by atoms with Crippen LogP contribution in [0.3, 0.4) is 0 Å². The monoisotopic (exact) mass is 258 g/mol. The van der Waals surface area contributed by atoms with E-state index in [4.69, 9.17) is 15.9 Å². The highest BCUT2D eigenvalue weighted by Gasteiger charge is 2.23. The second-order valence-electron chi connectivity index (χ2n) is 4.25. The van der Waals surface area contributed by atoms with Crippen LogP contribution in [0, 0.1) is 12.3 Å². The fourth-order valence-electron chi connectivity index (χ4n) is 1.89. The number of benzene rings is 1. The van der Waals surface area contributed by atoms with E-state index in [0.29, 0.717) is 24.2 Å². The van der Waals surface area contributed by atoms with Crippen LogP contribution in [0.4, 0.5) is 4.79 Å². The molecule has 4 heteroatoms. The Morgan fingerprint density at radius 3 is 2.79 bits per heavy atom. The second kappa shape index (κ2) is 6.07. The normalized spacial score (nSPS) is 22.0. The molecule has 4 nitrogen and oxygen atoms in total. The number of carbonyl (C=O) groups is 1. The molecule has 0 heterocycles. The average Bonchev–Trinajstić information content (AvgIpc) is 2.38. The smallest absolute Gasteiger partial charge is 0.426 e. The lowest BCUT2D eigenvalue weighted by atomic mass is 9.95. The van der Waals surface area contributed by atoms with Crippen molar-refractivity contribution in [2.75, 3.05) is 0 Å². The van der Waals surface area contributed by atoms with Gasteiger partial charge in [0, 0.05) is 18.4 Å². The van der Waals surface area contributed by atoms with Gasteiger partial charge >= 0.3 is 6.16 Å². The van der Waals surface area contributed by atoms with Crippen LogP contribution in [0.15, 0.2) is 42.0 Å². The van der Waals surface area contributed by atoms with Gasteiger partial charge in [-0.2, -0.15) is 0 Å². The zero-order valence-electron chi connectivity index (χ0n) is 10.3. The number of aliphatic hydroxyl groups excluding tert-OH is 1. The lowest BCUT2D eigenvalue weighted by Gasteiger charge is -2.22. The summed E-state index contributed by atoms with van der Waals surface area (Å²) in [5.74, 6) is 2.86. The van der Waals surface area contributed by atoms with Gasteiger partial charge in [-0.3, -0.25) is 0 Å². The Kier molecular flexibility index (Phi) is 4.22. The first kappa shape index (κ1) is 13.2. The molecule has 0 amide bonds. The highest BCUT2D eigenvalue weighted by molar-refractivity contribution is 5.64. The first-order valence-electron chi connectivity index (χ1n) is 5.96. The first-order chi connectivity index (χ1) is 9.17. The van der Waals surface area contributed by atoms with Crippen molar-refractivity contribution in [1.29, 1.82) is 0 Å². The summed E-state index contributed by atoms with van der Waals surface area (Å²) in [7, 11) is 0. The number of carbonyl (C=O) groups excluding carboxylic acids is 1. The van der Waals surface area contributed by atoms with Gasteiger partial charge in [0.15, 0.2) is 0 Å². The van der Waals surface area contributed by atoms with E-state index in [1.807, 2.05) is 6.07 Å². The number of hydrogen-bond acceptors (Lipinski definition) is 4. The van der Waals surface area contributed by atoms with E-state index in [-0.39, 0.29) is 0 Å². The summed E-state index contributed by atoms with van der Waals surface area (Å²) >= 11 is 0. The van der Waals surface area contributed by atoms with Crippen molar-refractivity contribution in [2.45, 2.75) is 25.0 Å². The van der Waals surface area contributed by atoms with Crippen LogP contribution in [-0.4, -0.2) is 23.5 Å². The van der Waals surface area contributed by atoms with Crippen LogP contribution in [0.1, 0.15) is 12.8 Å². The van der Waals surface area contributed by atoms with E-state index in [0.717, 1.165) is 0 Å². The molecule has 0 fully saturated rings. The van der Waals surface area contributed by atoms with Crippen molar-refractivity contribution in [3.63, 3.8) is 0 Å². The molecule has 1 aliphatic carbocycles. The summed E-state index contributed by atoms with van der Waals surface area (Å²) in [6.45, 7) is 0. The highest BCUT2D eigenvalue weighted by Crippen LogP contribution is 2.21. The number of rotatable bonds is 2. The van der Waals surface area contributed by atoms with Gasteiger partial charge in [0.1, 0.15) is 11.9 Å². The highest BCUT2D eigenvalue weighted by atomic mass is 16.7. The molecule has 1 aliphatic rings. The standard InChI is InChI=1S/C15H14O4/c1-2-11-8-12(16)10-14(9-11)19-15(17)18-13-6-4-3-5-7-13/h1,3-7,9,12,14,16H,8,10H2/t12-,14+/m1/s1. The van der Waals surface area contributed by atoms with Crippen LogP contribution >= 0.6 is 0 Å². The summed E-state index contributed by atoms with van der Waals surface area (Å²) < 4.78 is 10.1. The Morgan fingerprint density at radius 1 is 1.37 bits per heavy atom. The van der Waals surface area contributed by atoms with Crippen molar-refractivity contribution in [1.82, 2.24) is 0 Å². The third-order valence-corrected chi connectivity index (χ3v) is 2.72. The molecule has 0 spiro atoms. The molecule has 0 unspecified atom stereocenters. The summed E-state index contributed by atoms with van der Waals surface area (Å²) in [4.78, 5) is 11.6. The molecule has 0 aromatic heterocycles. The zero-order chi connectivity index (χ0) is 13.7. The van der Waals surface area contributed by atoms with Gasteiger partial charge in [-0.25, -0.2) is 4.79 Å². The Labute approximate surface area is 111 Å². The van der Waals surface area contributed by atoms with E-state index in [9.17, 15) is 9.90 Å². The van der Waals surface area contributed by atoms with Gasteiger partial charge < -0.3 is 14.6 Å². The largest absolute Gasteiger partial charge is 0.514 e. The van der Waals surface area contributed by atoms with Crippen molar-refractivity contribution >= 4 is 6.16 Å². The maximum atomic E-state index is 11.6. The molecule has 0 saturated heterocycles. The number of ether oxygens (including phenoxy) is 2. The Hall–Kier alpha value is -2.25. The molecular formula is C15H14O4. The number of aliphatic hydroxyl groups is 1. The summed E-state index contributed by atoms with van der Waals surface area (Å²) in [5.41, 5.74) is 0.635. The van der Waals surface area contributed by atoms with Crippen LogP contribution in [0.5, 0.6) is 5.75 Å². The number of terminal acetylenes is 1. The third kappa shape index (κ3) is 3.87. The molecule has 2 atom stereocenters. The van der Waals surface area contributed by atoms with Crippen LogP contribution in [0.25, 0.3) is 0 Å². The lowest BCUT2D eigenvalue weighted by molar-refractivity contribution is 0.0436. The average molecular weight is 258 g/mol. The lowest BCUT2D eigenvalue weighted by Crippen LogP contribution is -2.27. The minimum absolute atomic E-state index is 0.328. The number of para-hydroxylation sites is 1. The number of hydrogen-bond donors (Lipinski definition) is 1. The van der Waals surface area contributed by atoms with E-state index in [2.05, 4.69) is 5.92 Å². The molecule has 1 N–H and O–H groups in total. The summed E-state index contributed by atoms with van der Waals surface area (Å²) in [6, 6.07) is 8.63. The summed E-state index contributed by atoms with van der Waals surface area (Å²) in [6.07, 6.45) is 5.75. The molecule has 0 aliphatic heterocycles.